The molecule has 0 spiro atoms. The zero-order chi connectivity index (χ0) is 46.2. The fourth-order valence-corrected chi connectivity index (χ4v) is 12.7. The summed E-state index contributed by atoms with van der Waals surface area (Å²) in [5.41, 5.74) is 21.1. The van der Waals surface area contributed by atoms with Crippen LogP contribution in [0.15, 0.2) is 224 Å². The van der Waals surface area contributed by atoms with E-state index in [0.29, 0.717) is 0 Å². The topological polar surface area (TPSA) is 13.1 Å². The average molecular weight is 884 g/mol. The van der Waals surface area contributed by atoms with Crippen LogP contribution in [0.2, 0.25) is 0 Å². The van der Waals surface area contributed by atoms with E-state index in [1.165, 1.54) is 105 Å². The molecule has 328 valence electrons. The smallest absolute Gasteiger partial charge is 0.0619 e. The Morgan fingerprint density at radius 1 is 0.377 bits per heavy atom. The molecule has 0 amide bonds. The highest BCUT2D eigenvalue weighted by molar-refractivity contribution is 6.25. The van der Waals surface area contributed by atoms with E-state index in [-0.39, 0.29) is 10.8 Å². The summed E-state index contributed by atoms with van der Waals surface area (Å²) in [5.74, 6) is 0. The van der Waals surface area contributed by atoms with Gasteiger partial charge in [-0.2, -0.15) is 0 Å². The standard InChI is InChI=1S/C66H49N3/c1-65(2)54-38-40-56-58(51-27-16-17-30-55(51)68(56)46-23-10-6-11-24-46)60(54)63-62(65)53-37-39-57-59(61(53)66(63,3)4)52-29-18-28-50(64(52)69(57)47-25-12-7-13-26-47)43-32-34-48(35-33-43)67(45-21-8-5-9-22-45)49-36-31-42-19-14-15-20-44(42)41-49/h5-41H,1-4H3. The minimum absolute atomic E-state index is 0.212. The highest BCUT2D eigenvalue weighted by atomic mass is 15.1. The molecule has 0 fully saturated rings. The van der Waals surface area contributed by atoms with Crippen LogP contribution in [0, 0.1) is 0 Å². The molecule has 2 aliphatic carbocycles. The van der Waals surface area contributed by atoms with Crippen LogP contribution < -0.4 is 4.90 Å². The Morgan fingerprint density at radius 3 is 1.72 bits per heavy atom. The molecule has 3 nitrogen and oxygen atoms in total. The molecule has 2 heterocycles. The Bertz CT molecular complexity index is 4090. The predicted octanol–water partition coefficient (Wildman–Crippen LogP) is 17.7. The maximum Gasteiger partial charge on any atom is 0.0619 e. The van der Waals surface area contributed by atoms with Gasteiger partial charge in [-0.1, -0.05) is 173 Å². The van der Waals surface area contributed by atoms with Gasteiger partial charge in [0.25, 0.3) is 0 Å². The summed E-state index contributed by atoms with van der Waals surface area (Å²) in [6.45, 7) is 9.91. The molecule has 0 bridgehead atoms. The van der Waals surface area contributed by atoms with Crippen LogP contribution >= 0.6 is 0 Å². The van der Waals surface area contributed by atoms with E-state index in [4.69, 9.17) is 0 Å². The van der Waals surface area contributed by atoms with Crippen molar-refractivity contribution in [1.29, 1.82) is 0 Å². The third-order valence-corrected chi connectivity index (χ3v) is 15.6. The minimum Gasteiger partial charge on any atom is -0.310 e. The highest BCUT2D eigenvalue weighted by Gasteiger charge is 2.51. The normalized spacial score (nSPS) is 14.6. The Morgan fingerprint density at radius 2 is 0.971 bits per heavy atom. The molecule has 3 heteroatoms. The molecule has 0 aliphatic heterocycles. The van der Waals surface area contributed by atoms with E-state index in [1.54, 1.807) is 0 Å². The van der Waals surface area contributed by atoms with Crippen molar-refractivity contribution >= 4 is 82.6 Å². The van der Waals surface area contributed by atoms with Gasteiger partial charge in [0.05, 0.1) is 22.1 Å². The Balaban J connectivity index is 0.977. The van der Waals surface area contributed by atoms with Crippen molar-refractivity contribution in [2.75, 3.05) is 4.90 Å². The molecule has 2 aliphatic rings. The molecule has 12 aromatic rings. The van der Waals surface area contributed by atoms with Gasteiger partial charge in [0.15, 0.2) is 0 Å². The lowest BCUT2D eigenvalue weighted by Gasteiger charge is -2.29. The predicted molar refractivity (Wildman–Crippen MR) is 292 cm³/mol. The largest absolute Gasteiger partial charge is 0.310 e. The number of rotatable bonds is 6. The number of allylic oxidation sites excluding steroid dienone is 2. The molecule has 69 heavy (non-hydrogen) atoms. The molecule has 0 saturated carbocycles. The molecule has 2 aromatic heterocycles. The summed E-state index contributed by atoms with van der Waals surface area (Å²) in [6, 6.07) is 82.8. The zero-order valence-corrected chi connectivity index (χ0v) is 39.2. The zero-order valence-electron chi connectivity index (χ0n) is 39.2. The number of para-hydroxylation sites is 5. The maximum atomic E-state index is 2.53. The highest BCUT2D eigenvalue weighted by Crippen LogP contribution is 2.66. The summed E-state index contributed by atoms with van der Waals surface area (Å²) in [4.78, 5) is 2.36. The molecule has 0 saturated heterocycles. The minimum atomic E-state index is -0.311. The van der Waals surface area contributed by atoms with Gasteiger partial charge in [0.2, 0.25) is 0 Å². The first-order chi connectivity index (χ1) is 33.8. The van der Waals surface area contributed by atoms with Crippen molar-refractivity contribution in [2.24, 2.45) is 0 Å². The van der Waals surface area contributed by atoms with Crippen molar-refractivity contribution in [2.45, 2.75) is 38.5 Å². The van der Waals surface area contributed by atoms with Gasteiger partial charge in [0, 0.05) is 66.4 Å². The number of anilines is 3. The molecule has 0 atom stereocenters. The first kappa shape index (κ1) is 39.7. The molecular formula is C66H49N3. The van der Waals surface area contributed by atoms with E-state index in [2.05, 4.69) is 266 Å². The average Bonchev–Trinajstić information content (AvgIpc) is 4.07. The van der Waals surface area contributed by atoms with Crippen LogP contribution in [-0.4, -0.2) is 9.13 Å². The number of benzene rings is 10. The van der Waals surface area contributed by atoms with Crippen LogP contribution in [0.3, 0.4) is 0 Å². The number of aromatic nitrogens is 2. The lowest BCUT2D eigenvalue weighted by molar-refractivity contribution is 0.699. The van der Waals surface area contributed by atoms with Crippen molar-refractivity contribution < 1.29 is 0 Å². The number of hydrogen-bond acceptors (Lipinski definition) is 1. The first-order valence-electron chi connectivity index (χ1n) is 24.3. The molecule has 10 aromatic carbocycles. The number of hydrogen-bond donors (Lipinski definition) is 0. The first-order valence-corrected chi connectivity index (χ1v) is 24.3. The quantitative estimate of drug-likeness (QED) is 0.162. The van der Waals surface area contributed by atoms with E-state index in [0.717, 1.165) is 22.7 Å². The molecule has 0 radical (unpaired) electrons. The summed E-state index contributed by atoms with van der Waals surface area (Å²) >= 11 is 0. The van der Waals surface area contributed by atoms with Crippen LogP contribution in [0.4, 0.5) is 17.1 Å². The van der Waals surface area contributed by atoms with Gasteiger partial charge in [-0.15, -0.1) is 0 Å². The summed E-state index contributed by atoms with van der Waals surface area (Å²) in [7, 11) is 0. The third-order valence-electron chi connectivity index (χ3n) is 15.6. The lowest BCUT2D eigenvalue weighted by atomic mass is 9.74. The van der Waals surface area contributed by atoms with Gasteiger partial charge in [-0.05, 0) is 129 Å². The Kier molecular flexibility index (Phi) is 8.38. The van der Waals surface area contributed by atoms with Crippen LogP contribution in [0.25, 0.3) is 88.0 Å². The van der Waals surface area contributed by atoms with Gasteiger partial charge in [-0.3, -0.25) is 0 Å². The van der Waals surface area contributed by atoms with E-state index in [9.17, 15) is 0 Å². The fraction of sp³-hybridized carbons (Fsp3) is 0.0909. The second-order valence-electron chi connectivity index (χ2n) is 20.1. The van der Waals surface area contributed by atoms with Crippen molar-refractivity contribution in [3.8, 4) is 22.5 Å². The monoisotopic (exact) mass is 883 g/mol. The van der Waals surface area contributed by atoms with Gasteiger partial charge >= 0.3 is 0 Å². The van der Waals surface area contributed by atoms with Crippen LogP contribution in [0.1, 0.15) is 49.9 Å². The van der Waals surface area contributed by atoms with Crippen molar-refractivity contribution in [3.05, 3.63) is 247 Å². The van der Waals surface area contributed by atoms with Gasteiger partial charge < -0.3 is 14.0 Å². The summed E-state index contributed by atoms with van der Waals surface area (Å²) in [5, 5.41) is 7.73. The second-order valence-corrected chi connectivity index (χ2v) is 20.1. The number of nitrogens with zero attached hydrogens (tertiary/aromatic N) is 3. The van der Waals surface area contributed by atoms with E-state index in [1.807, 2.05) is 0 Å². The summed E-state index contributed by atoms with van der Waals surface area (Å²) < 4.78 is 5.00. The third kappa shape index (κ3) is 5.56. The maximum absolute atomic E-state index is 2.53. The molecule has 0 unspecified atom stereocenters. The van der Waals surface area contributed by atoms with Gasteiger partial charge in [-0.25, -0.2) is 0 Å². The Labute approximate surface area is 402 Å². The van der Waals surface area contributed by atoms with E-state index < -0.39 is 0 Å². The molecular weight excluding hydrogens is 835 g/mol. The van der Waals surface area contributed by atoms with Gasteiger partial charge in [0.1, 0.15) is 0 Å². The van der Waals surface area contributed by atoms with Crippen molar-refractivity contribution in [1.82, 2.24) is 9.13 Å². The van der Waals surface area contributed by atoms with E-state index >= 15 is 0 Å². The summed E-state index contributed by atoms with van der Waals surface area (Å²) in [6.07, 6.45) is 0. The SMILES string of the molecule is CC1(C)C2=C(c3c1ccc1c3c3ccccc3n1-c1ccccc1)C(C)(C)c1c2ccc2c1c1cccc(-c3ccc(N(c4ccccc4)c4ccc5ccccc5c4)cc3)c1n2-c1ccccc1. The number of fused-ring (bicyclic) bond motifs is 13. The molecule has 14 rings (SSSR count). The second kappa shape index (κ2) is 14.6. The molecule has 0 N–H and O–H groups in total. The fourth-order valence-electron chi connectivity index (χ4n) is 12.7. The van der Waals surface area contributed by atoms with Crippen LogP contribution in [0.5, 0.6) is 0 Å². The van der Waals surface area contributed by atoms with Crippen molar-refractivity contribution in [3.63, 3.8) is 0 Å². The lowest BCUT2D eigenvalue weighted by Crippen LogP contribution is -2.19. The van der Waals surface area contributed by atoms with Crippen LogP contribution in [-0.2, 0) is 10.8 Å². The Hall–Kier alpha value is -8.40.